The van der Waals surface area contributed by atoms with E-state index in [0.717, 1.165) is 35.7 Å². The van der Waals surface area contributed by atoms with Crippen LogP contribution in [0, 0.1) is 6.92 Å². The molecule has 3 rings (SSSR count). The van der Waals surface area contributed by atoms with Gasteiger partial charge in [-0.1, -0.05) is 18.2 Å². The molecule has 2 aromatic heterocycles. The average Bonchev–Trinajstić information content (AvgIpc) is 2.93. The molecular formula is C15H19N5. The van der Waals surface area contributed by atoms with Gasteiger partial charge in [0.05, 0.1) is 29.1 Å². The zero-order chi connectivity index (χ0) is 14.1. The summed E-state index contributed by atoms with van der Waals surface area (Å²) in [7, 11) is 3.92. The van der Waals surface area contributed by atoms with Crippen LogP contribution in [-0.4, -0.2) is 26.6 Å². The highest BCUT2D eigenvalue weighted by molar-refractivity contribution is 5.82. The zero-order valence-electron chi connectivity index (χ0n) is 12.1. The Morgan fingerprint density at radius 2 is 2.00 bits per heavy atom. The van der Waals surface area contributed by atoms with Crippen molar-refractivity contribution in [3.63, 3.8) is 0 Å². The first-order valence-corrected chi connectivity index (χ1v) is 6.77. The first-order chi connectivity index (χ1) is 9.69. The Morgan fingerprint density at radius 1 is 1.20 bits per heavy atom. The minimum atomic E-state index is 0.738. The Bertz CT molecular complexity index is 738. The lowest BCUT2D eigenvalue weighted by molar-refractivity contribution is 0.620. The van der Waals surface area contributed by atoms with Gasteiger partial charge in [-0.15, -0.1) is 0 Å². The molecule has 0 spiro atoms. The van der Waals surface area contributed by atoms with E-state index >= 15 is 0 Å². The van der Waals surface area contributed by atoms with Crippen LogP contribution in [0.2, 0.25) is 0 Å². The lowest BCUT2D eigenvalue weighted by atomic mass is 10.2. The monoisotopic (exact) mass is 269 g/mol. The topological polar surface area (TPSA) is 47.7 Å². The van der Waals surface area contributed by atoms with Crippen molar-refractivity contribution in [3.8, 4) is 0 Å². The summed E-state index contributed by atoms with van der Waals surface area (Å²) in [5.74, 6) is 0. The first-order valence-electron chi connectivity index (χ1n) is 6.77. The van der Waals surface area contributed by atoms with Gasteiger partial charge < -0.3 is 5.32 Å². The molecule has 0 bridgehead atoms. The van der Waals surface area contributed by atoms with Gasteiger partial charge in [0.2, 0.25) is 0 Å². The number of nitrogens with zero attached hydrogens (tertiary/aromatic N) is 4. The van der Waals surface area contributed by atoms with Crippen LogP contribution in [0.3, 0.4) is 0 Å². The Labute approximate surface area is 118 Å². The summed E-state index contributed by atoms with van der Waals surface area (Å²) in [6, 6.07) is 10.5. The van der Waals surface area contributed by atoms with Gasteiger partial charge in [0.1, 0.15) is 0 Å². The van der Waals surface area contributed by atoms with E-state index in [-0.39, 0.29) is 0 Å². The third-order valence-electron chi connectivity index (χ3n) is 3.49. The van der Waals surface area contributed by atoms with Crippen LogP contribution in [0.1, 0.15) is 17.1 Å². The van der Waals surface area contributed by atoms with Crippen LogP contribution in [0.25, 0.3) is 10.9 Å². The molecule has 0 saturated carbocycles. The fourth-order valence-electron chi connectivity index (χ4n) is 2.58. The highest BCUT2D eigenvalue weighted by Crippen LogP contribution is 2.19. The Kier molecular flexibility index (Phi) is 3.28. The summed E-state index contributed by atoms with van der Waals surface area (Å²) in [5.41, 5.74) is 4.44. The van der Waals surface area contributed by atoms with Crippen molar-refractivity contribution >= 4 is 10.9 Å². The highest BCUT2D eigenvalue weighted by Gasteiger charge is 2.11. The van der Waals surface area contributed by atoms with Crippen LogP contribution in [0.4, 0.5) is 0 Å². The maximum absolute atomic E-state index is 4.74. The molecule has 20 heavy (non-hydrogen) atoms. The fourth-order valence-corrected chi connectivity index (χ4v) is 2.58. The molecule has 0 aliphatic heterocycles. The zero-order valence-corrected chi connectivity index (χ0v) is 12.1. The number of hydrogen-bond donors (Lipinski definition) is 1. The predicted octanol–water partition coefficient (Wildman–Crippen LogP) is 1.85. The number of hydrogen-bond acceptors (Lipinski definition) is 3. The van der Waals surface area contributed by atoms with E-state index in [9.17, 15) is 0 Å². The first kappa shape index (κ1) is 12.9. The minimum absolute atomic E-state index is 0.738. The summed E-state index contributed by atoms with van der Waals surface area (Å²) >= 11 is 0. The summed E-state index contributed by atoms with van der Waals surface area (Å²) in [6.07, 6.45) is 0. The smallest absolute Gasteiger partial charge is 0.0841 e. The molecule has 5 nitrogen and oxygen atoms in total. The van der Waals surface area contributed by atoms with E-state index in [1.165, 1.54) is 5.39 Å². The number of nitrogens with one attached hydrogen (secondary N) is 1. The van der Waals surface area contributed by atoms with E-state index in [0.29, 0.717) is 0 Å². The van der Waals surface area contributed by atoms with Crippen molar-refractivity contribution in [1.29, 1.82) is 0 Å². The molecule has 2 heterocycles. The molecule has 0 aliphatic rings. The van der Waals surface area contributed by atoms with Crippen LogP contribution in [0.5, 0.6) is 0 Å². The molecule has 1 aromatic carbocycles. The molecule has 0 atom stereocenters. The maximum atomic E-state index is 4.74. The van der Waals surface area contributed by atoms with E-state index < -0.39 is 0 Å². The second-order valence-electron chi connectivity index (χ2n) is 5.05. The molecule has 1 N–H and O–H groups in total. The lowest BCUT2D eigenvalue weighted by Gasteiger charge is -2.03. The third-order valence-corrected chi connectivity index (χ3v) is 3.49. The van der Waals surface area contributed by atoms with E-state index in [1.54, 1.807) is 0 Å². The lowest BCUT2D eigenvalue weighted by Crippen LogP contribution is -2.09. The van der Waals surface area contributed by atoms with E-state index in [4.69, 9.17) is 5.10 Å². The van der Waals surface area contributed by atoms with Crippen molar-refractivity contribution < 1.29 is 0 Å². The standard InChI is InChI=1S/C15H19N5/c1-11-8-12(19(3)17-11)10-20-15-7-5-4-6-13(15)14(18-20)9-16-2/h4-8,16H,9-10H2,1-3H3. The number of rotatable bonds is 4. The largest absolute Gasteiger partial charge is 0.314 e. The van der Waals surface area contributed by atoms with Crippen molar-refractivity contribution in [2.75, 3.05) is 7.05 Å². The average molecular weight is 269 g/mol. The van der Waals surface area contributed by atoms with Crippen LogP contribution < -0.4 is 5.32 Å². The quantitative estimate of drug-likeness (QED) is 0.786. The second-order valence-corrected chi connectivity index (χ2v) is 5.05. The van der Waals surface area contributed by atoms with Gasteiger partial charge in [-0.25, -0.2) is 0 Å². The number of aryl methyl sites for hydroxylation is 2. The number of para-hydroxylation sites is 1. The van der Waals surface area contributed by atoms with E-state index in [2.05, 4.69) is 45.4 Å². The number of aromatic nitrogens is 4. The van der Waals surface area contributed by atoms with Crippen LogP contribution >= 0.6 is 0 Å². The van der Waals surface area contributed by atoms with Crippen molar-refractivity contribution in [1.82, 2.24) is 24.9 Å². The van der Waals surface area contributed by atoms with Crippen molar-refractivity contribution in [2.24, 2.45) is 7.05 Å². The molecule has 0 unspecified atom stereocenters. The fraction of sp³-hybridized carbons (Fsp3) is 0.333. The molecule has 0 saturated heterocycles. The molecule has 0 aliphatic carbocycles. The van der Waals surface area contributed by atoms with Gasteiger partial charge in [-0.05, 0) is 26.1 Å². The van der Waals surface area contributed by atoms with Crippen LogP contribution in [-0.2, 0) is 20.1 Å². The summed E-state index contributed by atoms with van der Waals surface area (Å²) in [6.45, 7) is 3.52. The van der Waals surface area contributed by atoms with Gasteiger partial charge >= 0.3 is 0 Å². The van der Waals surface area contributed by atoms with Gasteiger partial charge in [0.25, 0.3) is 0 Å². The summed E-state index contributed by atoms with van der Waals surface area (Å²) in [5, 5.41) is 13.5. The molecule has 0 amide bonds. The van der Waals surface area contributed by atoms with Gasteiger partial charge in [-0.2, -0.15) is 10.2 Å². The molecule has 5 heteroatoms. The van der Waals surface area contributed by atoms with Gasteiger partial charge in [0.15, 0.2) is 0 Å². The second kappa shape index (κ2) is 5.09. The van der Waals surface area contributed by atoms with Crippen LogP contribution in [0.15, 0.2) is 30.3 Å². The number of fused-ring (bicyclic) bond motifs is 1. The molecule has 104 valence electrons. The predicted molar refractivity (Wildman–Crippen MR) is 79.5 cm³/mol. The summed E-state index contributed by atoms with van der Waals surface area (Å²) < 4.78 is 3.97. The molecule has 3 aromatic rings. The SMILES string of the molecule is CNCc1nn(Cc2cc(C)nn2C)c2ccccc12. The minimum Gasteiger partial charge on any atom is -0.314 e. The number of benzene rings is 1. The van der Waals surface area contributed by atoms with Crippen molar-refractivity contribution in [3.05, 3.63) is 47.4 Å². The van der Waals surface area contributed by atoms with Gasteiger partial charge in [0, 0.05) is 19.0 Å². The normalized spacial score (nSPS) is 11.3. The highest BCUT2D eigenvalue weighted by atomic mass is 15.3. The Morgan fingerprint density at radius 3 is 2.70 bits per heavy atom. The third kappa shape index (κ3) is 2.20. The molecule has 0 fully saturated rings. The van der Waals surface area contributed by atoms with Crippen molar-refractivity contribution in [2.45, 2.75) is 20.0 Å². The molecule has 0 radical (unpaired) electrons. The Hall–Kier alpha value is -2.14. The van der Waals surface area contributed by atoms with Gasteiger partial charge in [-0.3, -0.25) is 9.36 Å². The van der Waals surface area contributed by atoms with E-state index in [1.807, 2.05) is 25.7 Å². The Balaban J connectivity index is 2.05. The summed E-state index contributed by atoms with van der Waals surface area (Å²) in [4.78, 5) is 0. The molecular weight excluding hydrogens is 250 g/mol. The maximum Gasteiger partial charge on any atom is 0.0841 e.